The number of allylic oxidation sites excluding steroid dienone is 1. The van der Waals surface area contributed by atoms with Crippen molar-refractivity contribution in [2.45, 2.75) is 6.04 Å². The lowest BCUT2D eigenvalue weighted by Gasteiger charge is -2.28. The van der Waals surface area contributed by atoms with E-state index >= 15 is 0 Å². The molecule has 0 bridgehead atoms. The minimum Gasteiger partial charge on any atom is -0.497 e. The highest BCUT2D eigenvalue weighted by Crippen LogP contribution is 2.21. The van der Waals surface area contributed by atoms with Gasteiger partial charge in [0.25, 0.3) is 0 Å². The van der Waals surface area contributed by atoms with E-state index in [1.54, 1.807) is 31.4 Å². The topological polar surface area (TPSA) is 105 Å². The Labute approximate surface area is 169 Å². The van der Waals surface area contributed by atoms with Gasteiger partial charge in [0.05, 0.1) is 12.0 Å². The number of hydrogen-bond acceptors (Lipinski definition) is 6. The Balaban J connectivity index is 1.66. The van der Waals surface area contributed by atoms with Gasteiger partial charge in [-0.2, -0.15) is 4.58 Å². The van der Waals surface area contributed by atoms with Crippen LogP contribution in [0.4, 0.5) is 0 Å². The molecular weight excluding hydrogens is 398 g/mol. The van der Waals surface area contributed by atoms with Gasteiger partial charge in [-0.05, 0) is 24.3 Å². The maximum Gasteiger partial charge on any atom is 0.477 e. The van der Waals surface area contributed by atoms with Crippen LogP contribution in [-0.4, -0.2) is 75.8 Å². The first-order valence-corrected chi connectivity index (χ1v) is 10.3. The second-order valence-corrected chi connectivity index (χ2v) is 8.24. The average molecular weight is 420 g/mol. The number of amides is 2. The van der Waals surface area contributed by atoms with Crippen molar-refractivity contribution in [3.05, 3.63) is 47.4 Å². The highest BCUT2D eigenvalue weighted by Gasteiger charge is 2.44. The third kappa shape index (κ3) is 4.22. The molecule has 1 aliphatic carbocycles. The van der Waals surface area contributed by atoms with E-state index in [2.05, 4.69) is 4.72 Å². The Bertz CT molecular complexity index is 1040. The molecule has 2 aliphatic rings. The first-order chi connectivity index (χ1) is 13.7. The normalized spacial score (nSPS) is 19.2. The first-order valence-electron chi connectivity index (χ1n) is 8.82. The SMILES string of the molecule is COc1cccc(OCCNS(=O)(=O)C2=CC3C(=[N+](C)C(=O)C(=O)N3C)C=C2)c1. The molecule has 1 aromatic rings. The minimum atomic E-state index is -3.81. The number of ether oxygens (including phenoxy) is 2. The molecule has 1 atom stereocenters. The molecule has 154 valence electrons. The second-order valence-electron chi connectivity index (χ2n) is 6.48. The van der Waals surface area contributed by atoms with Crippen LogP contribution >= 0.6 is 0 Å². The number of nitrogens with one attached hydrogen (secondary N) is 1. The molecule has 3 rings (SSSR count). The van der Waals surface area contributed by atoms with E-state index in [0.717, 1.165) is 0 Å². The van der Waals surface area contributed by atoms with Gasteiger partial charge in [0.1, 0.15) is 31.2 Å². The van der Waals surface area contributed by atoms with Crippen molar-refractivity contribution >= 4 is 27.5 Å². The Hall–Kier alpha value is -2.98. The lowest BCUT2D eigenvalue weighted by Crippen LogP contribution is -2.55. The molecular formula is C19H22N3O6S+. The summed E-state index contributed by atoms with van der Waals surface area (Å²) in [5.74, 6) is -0.142. The molecule has 1 heterocycles. The fraction of sp³-hybridized carbons (Fsp3) is 0.316. The lowest BCUT2D eigenvalue weighted by molar-refractivity contribution is -0.418. The standard InChI is InChI=1S/C19H22N3O6S/c1-21-16-8-7-15(12-17(16)22(2)19(24)18(21)23)29(25,26)20-9-10-28-14-6-4-5-13(11-14)27-3/h4-8,11-12,17,20H,9-10H2,1-3H3/q+1. The van der Waals surface area contributed by atoms with E-state index in [-0.39, 0.29) is 18.1 Å². The number of fused-ring (bicyclic) bond motifs is 1. The van der Waals surface area contributed by atoms with Gasteiger partial charge in [-0.3, -0.25) is 4.79 Å². The maximum atomic E-state index is 12.6. The van der Waals surface area contributed by atoms with Gasteiger partial charge in [0, 0.05) is 25.7 Å². The van der Waals surface area contributed by atoms with Crippen LogP contribution in [0.25, 0.3) is 0 Å². The summed E-state index contributed by atoms with van der Waals surface area (Å²) in [4.78, 5) is 25.2. The number of carbonyl (C=O) groups excluding carboxylic acids is 2. The summed E-state index contributed by atoms with van der Waals surface area (Å²) in [5.41, 5.74) is 0.539. The fourth-order valence-electron chi connectivity index (χ4n) is 3.02. The lowest BCUT2D eigenvalue weighted by atomic mass is 10.0. The summed E-state index contributed by atoms with van der Waals surface area (Å²) in [5, 5.41) is 0. The molecule has 1 N–H and O–H groups in total. The number of benzene rings is 1. The summed E-state index contributed by atoms with van der Waals surface area (Å²) in [6.45, 7) is 0.180. The Morgan fingerprint density at radius 2 is 1.93 bits per heavy atom. The molecule has 29 heavy (non-hydrogen) atoms. The first kappa shape index (κ1) is 20.7. The van der Waals surface area contributed by atoms with E-state index in [1.807, 2.05) is 0 Å². The van der Waals surface area contributed by atoms with Crippen LogP contribution in [0.15, 0.2) is 47.4 Å². The molecule has 0 saturated heterocycles. The second kappa shape index (κ2) is 8.18. The number of sulfonamides is 1. The Morgan fingerprint density at radius 3 is 2.66 bits per heavy atom. The van der Waals surface area contributed by atoms with Crippen LogP contribution in [0.1, 0.15) is 0 Å². The molecule has 2 amide bonds. The summed E-state index contributed by atoms with van der Waals surface area (Å²) in [7, 11) is 0.693. The Kier molecular flexibility index (Phi) is 5.85. The van der Waals surface area contributed by atoms with Crippen molar-refractivity contribution in [2.75, 3.05) is 34.4 Å². The average Bonchev–Trinajstić information content (AvgIpc) is 2.73. The molecule has 10 heteroatoms. The molecule has 0 radical (unpaired) electrons. The quantitative estimate of drug-likeness (QED) is 0.375. The monoisotopic (exact) mass is 420 g/mol. The van der Waals surface area contributed by atoms with E-state index in [1.165, 1.54) is 41.8 Å². The molecule has 1 unspecified atom stereocenters. The number of carbonyl (C=O) groups is 2. The van der Waals surface area contributed by atoms with E-state index in [0.29, 0.717) is 17.2 Å². The zero-order valence-electron chi connectivity index (χ0n) is 16.3. The van der Waals surface area contributed by atoms with Crippen LogP contribution in [0.3, 0.4) is 0 Å². The van der Waals surface area contributed by atoms with Gasteiger partial charge in [-0.25, -0.2) is 17.9 Å². The number of likely N-dealkylation sites (N-methyl/N-ethyl adjacent to an activating group) is 2. The molecule has 0 spiro atoms. The van der Waals surface area contributed by atoms with Crippen LogP contribution in [0.2, 0.25) is 0 Å². The zero-order valence-corrected chi connectivity index (χ0v) is 17.1. The smallest absolute Gasteiger partial charge is 0.477 e. The van der Waals surface area contributed by atoms with Gasteiger partial charge >= 0.3 is 11.8 Å². The number of nitrogens with zero attached hydrogens (tertiary/aromatic N) is 2. The highest BCUT2D eigenvalue weighted by molar-refractivity contribution is 7.93. The van der Waals surface area contributed by atoms with Gasteiger partial charge in [-0.15, -0.1) is 0 Å². The largest absolute Gasteiger partial charge is 0.497 e. The van der Waals surface area contributed by atoms with Crippen molar-refractivity contribution in [2.24, 2.45) is 0 Å². The van der Waals surface area contributed by atoms with Gasteiger partial charge in [0.2, 0.25) is 15.7 Å². The Morgan fingerprint density at radius 1 is 1.21 bits per heavy atom. The zero-order chi connectivity index (χ0) is 21.2. The van der Waals surface area contributed by atoms with Crippen molar-refractivity contribution in [3.8, 4) is 11.5 Å². The molecule has 0 fully saturated rings. The summed E-state index contributed by atoms with van der Waals surface area (Å²) in [6, 6.07) is 6.37. The van der Waals surface area contributed by atoms with Crippen molar-refractivity contribution in [3.63, 3.8) is 0 Å². The highest BCUT2D eigenvalue weighted by atomic mass is 32.2. The van der Waals surface area contributed by atoms with Crippen molar-refractivity contribution in [1.82, 2.24) is 9.62 Å². The van der Waals surface area contributed by atoms with E-state index in [9.17, 15) is 18.0 Å². The number of hydrogen-bond donors (Lipinski definition) is 1. The predicted octanol–water partition coefficient (Wildman–Crippen LogP) is -0.102. The molecule has 1 aliphatic heterocycles. The third-order valence-corrected chi connectivity index (χ3v) is 6.15. The predicted molar refractivity (Wildman–Crippen MR) is 105 cm³/mol. The third-order valence-electron chi connectivity index (χ3n) is 4.67. The van der Waals surface area contributed by atoms with Gasteiger partial charge in [0.15, 0.2) is 0 Å². The van der Waals surface area contributed by atoms with Crippen LogP contribution < -0.4 is 14.2 Å². The van der Waals surface area contributed by atoms with Crippen molar-refractivity contribution < 1.29 is 32.1 Å². The summed E-state index contributed by atoms with van der Waals surface area (Å²) < 4.78 is 39.6. The molecule has 1 aromatic carbocycles. The minimum absolute atomic E-state index is 0.0232. The number of rotatable bonds is 7. The van der Waals surface area contributed by atoms with Crippen LogP contribution in [0, 0.1) is 0 Å². The maximum absolute atomic E-state index is 12.6. The number of methoxy groups -OCH3 is 1. The molecule has 0 saturated carbocycles. The summed E-state index contributed by atoms with van der Waals surface area (Å²) in [6.07, 6.45) is 4.39. The van der Waals surface area contributed by atoms with Crippen LogP contribution in [-0.2, 0) is 19.6 Å². The van der Waals surface area contributed by atoms with Gasteiger partial charge < -0.3 is 14.4 Å². The summed E-state index contributed by atoms with van der Waals surface area (Å²) >= 11 is 0. The van der Waals surface area contributed by atoms with E-state index < -0.39 is 27.9 Å². The fourth-order valence-corrected chi connectivity index (χ4v) is 4.09. The molecule has 0 aromatic heterocycles. The van der Waals surface area contributed by atoms with Gasteiger partial charge in [-0.1, -0.05) is 6.07 Å². The van der Waals surface area contributed by atoms with Crippen molar-refractivity contribution in [1.29, 1.82) is 0 Å². The molecule has 9 nitrogen and oxygen atoms in total. The van der Waals surface area contributed by atoms with Crippen LogP contribution in [0.5, 0.6) is 11.5 Å². The van der Waals surface area contributed by atoms with E-state index in [4.69, 9.17) is 9.47 Å².